The minimum absolute atomic E-state index is 0.172. The Kier molecular flexibility index (Phi) is 2.65. The normalized spacial score (nSPS) is 10.2. The van der Waals surface area contributed by atoms with Gasteiger partial charge in [-0.15, -0.1) is 10.2 Å². The molecule has 0 radical (unpaired) electrons. The zero-order chi connectivity index (χ0) is 12.4. The largest absolute Gasteiger partial charge is 0.399 e. The van der Waals surface area contributed by atoms with Crippen molar-refractivity contribution in [1.29, 1.82) is 0 Å². The number of nitrogens with one attached hydrogen (secondary N) is 1. The summed E-state index contributed by atoms with van der Waals surface area (Å²) >= 11 is 0. The molecule has 0 saturated carbocycles. The summed E-state index contributed by atoms with van der Waals surface area (Å²) in [5.41, 5.74) is 6.78. The van der Waals surface area contributed by atoms with Crippen LogP contribution in [0.5, 0.6) is 0 Å². The number of anilines is 3. The maximum Gasteiger partial charge on any atom is 0.295 e. The zero-order valence-corrected chi connectivity index (χ0v) is 9.21. The number of aromatic nitrogens is 3. The third-order valence-electron chi connectivity index (χ3n) is 2.22. The van der Waals surface area contributed by atoms with Crippen LogP contribution < -0.4 is 22.5 Å². The second-order valence-corrected chi connectivity index (χ2v) is 3.53. The van der Waals surface area contributed by atoms with Gasteiger partial charge in [-0.3, -0.25) is 4.79 Å². The predicted molar refractivity (Wildman–Crippen MR) is 65.3 cm³/mol. The van der Waals surface area contributed by atoms with Crippen LogP contribution in [-0.2, 0) is 0 Å². The van der Waals surface area contributed by atoms with Crippen LogP contribution in [0.4, 0.5) is 17.3 Å². The summed E-state index contributed by atoms with van der Waals surface area (Å²) in [6, 6.07) is 6.95. The quantitative estimate of drug-likeness (QED) is 0.496. The van der Waals surface area contributed by atoms with Gasteiger partial charge in [0.1, 0.15) is 5.69 Å². The first-order chi connectivity index (χ1) is 8.08. The number of benzene rings is 1. The van der Waals surface area contributed by atoms with E-state index in [1.54, 1.807) is 31.2 Å². The van der Waals surface area contributed by atoms with E-state index in [-0.39, 0.29) is 11.6 Å². The Bertz CT molecular complexity index is 589. The lowest BCUT2D eigenvalue weighted by atomic mass is 10.3. The van der Waals surface area contributed by atoms with Crippen LogP contribution in [0.1, 0.15) is 5.69 Å². The maximum atomic E-state index is 11.5. The summed E-state index contributed by atoms with van der Waals surface area (Å²) in [5, 5.41) is 10.4. The van der Waals surface area contributed by atoms with Crippen LogP contribution in [0.3, 0.4) is 0 Å². The topological polar surface area (TPSA) is 112 Å². The molecule has 2 rings (SSSR count). The minimum atomic E-state index is -0.391. The Hall–Kier alpha value is -2.57. The molecule has 1 aromatic heterocycles. The molecule has 0 aliphatic heterocycles. The molecule has 2 aromatic rings. The van der Waals surface area contributed by atoms with Gasteiger partial charge in [0.15, 0.2) is 0 Å². The van der Waals surface area contributed by atoms with Crippen molar-refractivity contribution in [2.75, 3.05) is 16.9 Å². The molecule has 7 nitrogen and oxygen atoms in total. The van der Waals surface area contributed by atoms with Crippen LogP contribution in [0.2, 0.25) is 0 Å². The number of rotatable bonds is 2. The van der Waals surface area contributed by atoms with Crippen LogP contribution in [0.15, 0.2) is 29.1 Å². The van der Waals surface area contributed by atoms with Gasteiger partial charge in [-0.05, 0) is 31.2 Å². The van der Waals surface area contributed by atoms with Crippen molar-refractivity contribution in [2.24, 2.45) is 0 Å². The van der Waals surface area contributed by atoms with E-state index in [0.29, 0.717) is 5.69 Å². The van der Waals surface area contributed by atoms with Crippen LogP contribution in [-0.4, -0.2) is 14.9 Å². The molecular formula is C10H12N6O. The molecule has 17 heavy (non-hydrogen) atoms. The molecule has 88 valence electrons. The van der Waals surface area contributed by atoms with Gasteiger partial charge < -0.3 is 16.9 Å². The lowest BCUT2D eigenvalue weighted by molar-refractivity contribution is 0.808. The van der Waals surface area contributed by atoms with Crippen molar-refractivity contribution < 1.29 is 0 Å². The molecule has 7 heteroatoms. The molecule has 0 bridgehead atoms. The van der Waals surface area contributed by atoms with E-state index in [2.05, 4.69) is 15.5 Å². The molecule has 0 fully saturated rings. The van der Waals surface area contributed by atoms with E-state index < -0.39 is 5.56 Å². The van der Waals surface area contributed by atoms with Gasteiger partial charge in [-0.2, -0.15) is 4.68 Å². The highest BCUT2D eigenvalue weighted by Gasteiger charge is 2.06. The average Bonchev–Trinajstić information content (AvgIpc) is 2.33. The van der Waals surface area contributed by atoms with Gasteiger partial charge in [0.05, 0.1) is 0 Å². The number of hydrogen-bond donors (Lipinski definition) is 3. The third-order valence-corrected chi connectivity index (χ3v) is 2.22. The molecule has 0 aliphatic rings. The molecular weight excluding hydrogens is 220 g/mol. The van der Waals surface area contributed by atoms with Gasteiger partial charge in [0.2, 0.25) is 5.95 Å². The van der Waals surface area contributed by atoms with Gasteiger partial charge in [0.25, 0.3) is 5.56 Å². The molecule has 5 N–H and O–H groups in total. The average molecular weight is 232 g/mol. The molecule has 0 unspecified atom stereocenters. The van der Waals surface area contributed by atoms with Crippen molar-refractivity contribution >= 4 is 17.3 Å². The summed E-state index contributed by atoms with van der Waals surface area (Å²) in [6.45, 7) is 1.55. The van der Waals surface area contributed by atoms with Crippen LogP contribution in [0, 0.1) is 6.92 Å². The van der Waals surface area contributed by atoms with Gasteiger partial charge in [-0.1, -0.05) is 0 Å². The molecule has 0 amide bonds. The Morgan fingerprint density at radius 2 is 1.88 bits per heavy atom. The van der Waals surface area contributed by atoms with Gasteiger partial charge >= 0.3 is 0 Å². The fraction of sp³-hybridized carbons (Fsp3) is 0.100. The summed E-state index contributed by atoms with van der Waals surface area (Å²) in [5.74, 6) is 5.75. The first kappa shape index (κ1) is 10.9. The Morgan fingerprint density at radius 1 is 1.24 bits per heavy atom. The van der Waals surface area contributed by atoms with Crippen molar-refractivity contribution in [2.45, 2.75) is 6.92 Å². The SMILES string of the molecule is Cc1nnc(Nc2ccc(N)cc2)n(N)c1=O. The van der Waals surface area contributed by atoms with Crippen molar-refractivity contribution in [3.8, 4) is 0 Å². The number of nitrogens with two attached hydrogens (primary N) is 2. The highest BCUT2D eigenvalue weighted by molar-refractivity contribution is 5.57. The number of nitrogens with zero attached hydrogens (tertiary/aromatic N) is 3. The van der Waals surface area contributed by atoms with Crippen LogP contribution in [0.25, 0.3) is 0 Å². The molecule has 1 aromatic carbocycles. The molecule has 1 heterocycles. The van der Waals surface area contributed by atoms with Crippen LogP contribution >= 0.6 is 0 Å². The van der Waals surface area contributed by atoms with E-state index >= 15 is 0 Å². The monoisotopic (exact) mass is 232 g/mol. The predicted octanol–water partition coefficient (Wildman–Crippen LogP) is -0.0137. The highest BCUT2D eigenvalue weighted by atomic mass is 16.1. The summed E-state index contributed by atoms with van der Waals surface area (Å²) < 4.78 is 0.915. The van der Waals surface area contributed by atoms with E-state index in [9.17, 15) is 4.79 Å². The van der Waals surface area contributed by atoms with Gasteiger partial charge in [0, 0.05) is 11.4 Å². The Balaban J connectivity index is 2.34. The lowest BCUT2D eigenvalue weighted by Crippen LogP contribution is -2.32. The van der Waals surface area contributed by atoms with Crippen molar-refractivity contribution in [3.05, 3.63) is 40.3 Å². The second-order valence-electron chi connectivity index (χ2n) is 3.53. The number of hydrogen-bond acceptors (Lipinski definition) is 6. The summed E-state index contributed by atoms with van der Waals surface area (Å²) in [6.07, 6.45) is 0. The number of aryl methyl sites for hydroxylation is 1. The standard InChI is InChI=1S/C10H12N6O/c1-6-9(17)16(12)10(15-14-6)13-8-4-2-7(11)3-5-8/h2-5H,11-12H2,1H3,(H,13,15). The molecule has 0 saturated heterocycles. The number of nitrogen functional groups attached to an aromatic ring is 2. The fourth-order valence-corrected chi connectivity index (χ4v) is 1.26. The molecule has 0 aliphatic carbocycles. The highest BCUT2D eigenvalue weighted by Crippen LogP contribution is 2.13. The maximum absolute atomic E-state index is 11.5. The minimum Gasteiger partial charge on any atom is -0.399 e. The summed E-state index contributed by atoms with van der Waals surface area (Å²) in [4.78, 5) is 11.5. The van der Waals surface area contributed by atoms with Crippen molar-refractivity contribution in [3.63, 3.8) is 0 Å². The first-order valence-corrected chi connectivity index (χ1v) is 4.92. The molecule has 0 spiro atoms. The van der Waals surface area contributed by atoms with E-state index in [1.807, 2.05) is 0 Å². The Morgan fingerprint density at radius 3 is 2.53 bits per heavy atom. The summed E-state index contributed by atoms with van der Waals surface area (Å²) in [7, 11) is 0. The van der Waals surface area contributed by atoms with Gasteiger partial charge in [-0.25, -0.2) is 0 Å². The fourth-order valence-electron chi connectivity index (χ4n) is 1.26. The van der Waals surface area contributed by atoms with E-state index in [0.717, 1.165) is 10.4 Å². The van der Waals surface area contributed by atoms with E-state index in [1.165, 1.54) is 0 Å². The Labute approximate surface area is 97.1 Å². The zero-order valence-electron chi connectivity index (χ0n) is 9.21. The smallest absolute Gasteiger partial charge is 0.295 e. The molecule has 0 atom stereocenters. The van der Waals surface area contributed by atoms with Crippen molar-refractivity contribution in [1.82, 2.24) is 14.9 Å². The second kappa shape index (κ2) is 4.12. The van der Waals surface area contributed by atoms with E-state index in [4.69, 9.17) is 11.6 Å². The third kappa shape index (κ3) is 2.17. The first-order valence-electron chi connectivity index (χ1n) is 4.92. The lowest BCUT2D eigenvalue weighted by Gasteiger charge is -2.08.